The molecule has 1 aliphatic heterocycles. The molecule has 3 unspecified atom stereocenters. The normalized spacial score (nSPS) is 30.7. The molecule has 3 atom stereocenters. The second-order valence-electron chi connectivity index (χ2n) is 4.45. The van der Waals surface area contributed by atoms with E-state index in [0.29, 0.717) is 18.0 Å². The maximum atomic E-state index is 3.66. The monoisotopic (exact) mass is 267 g/mol. The Hall–Kier alpha value is -0.340. The van der Waals surface area contributed by atoms with Crippen molar-refractivity contribution >= 4 is 15.9 Å². The fourth-order valence-electron chi connectivity index (χ4n) is 2.62. The molecule has 2 heteroatoms. The molecule has 82 valence electrons. The summed E-state index contributed by atoms with van der Waals surface area (Å²) in [6.45, 7) is 4.54. The van der Waals surface area contributed by atoms with Gasteiger partial charge >= 0.3 is 0 Å². The van der Waals surface area contributed by atoms with Gasteiger partial charge in [0.15, 0.2) is 0 Å². The van der Waals surface area contributed by atoms with Crippen molar-refractivity contribution in [2.24, 2.45) is 0 Å². The molecule has 1 aromatic carbocycles. The fraction of sp³-hybridized carbons (Fsp3) is 0.538. The maximum absolute atomic E-state index is 3.66. The number of hydrogen-bond acceptors (Lipinski definition) is 1. The van der Waals surface area contributed by atoms with E-state index in [2.05, 4.69) is 59.4 Å². The first-order chi connectivity index (χ1) is 7.22. The van der Waals surface area contributed by atoms with Crippen molar-refractivity contribution in [3.63, 3.8) is 0 Å². The van der Waals surface area contributed by atoms with Crippen LogP contribution in [0.3, 0.4) is 0 Å². The lowest BCUT2D eigenvalue weighted by Gasteiger charge is -2.19. The van der Waals surface area contributed by atoms with Gasteiger partial charge in [-0.15, -0.1) is 0 Å². The van der Waals surface area contributed by atoms with Crippen LogP contribution in [0.25, 0.3) is 0 Å². The number of nitrogens with one attached hydrogen (secondary N) is 1. The number of hydrogen-bond donors (Lipinski definition) is 1. The third kappa shape index (κ3) is 2.26. The quantitative estimate of drug-likeness (QED) is 0.862. The molecule has 1 fully saturated rings. The highest BCUT2D eigenvalue weighted by molar-refractivity contribution is 9.10. The average molecular weight is 268 g/mol. The molecule has 1 aromatic rings. The Labute approximate surface area is 100 Å². The van der Waals surface area contributed by atoms with Crippen LogP contribution >= 0.6 is 15.9 Å². The Kier molecular flexibility index (Phi) is 3.47. The van der Waals surface area contributed by atoms with E-state index in [1.54, 1.807) is 0 Å². The molecule has 1 saturated heterocycles. The summed E-state index contributed by atoms with van der Waals surface area (Å²) in [5.41, 5.74) is 1.46. The molecule has 1 N–H and O–H groups in total. The van der Waals surface area contributed by atoms with Gasteiger partial charge in [-0.2, -0.15) is 0 Å². The van der Waals surface area contributed by atoms with E-state index >= 15 is 0 Å². The largest absolute Gasteiger partial charge is 0.311 e. The third-order valence-corrected chi connectivity index (χ3v) is 4.06. The van der Waals surface area contributed by atoms with Gasteiger partial charge in [0.25, 0.3) is 0 Å². The van der Waals surface area contributed by atoms with Crippen LogP contribution in [-0.4, -0.2) is 12.1 Å². The first kappa shape index (κ1) is 11.2. The molecule has 1 aliphatic rings. The van der Waals surface area contributed by atoms with Crippen LogP contribution in [0.1, 0.15) is 38.2 Å². The van der Waals surface area contributed by atoms with Crippen LogP contribution < -0.4 is 5.32 Å². The van der Waals surface area contributed by atoms with Gasteiger partial charge in [-0.3, -0.25) is 0 Å². The molecule has 0 aromatic heterocycles. The molecule has 0 aliphatic carbocycles. The van der Waals surface area contributed by atoms with Gasteiger partial charge in [-0.05, 0) is 31.4 Å². The summed E-state index contributed by atoms with van der Waals surface area (Å²) in [6.07, 6.45) is 2.46. The van der Waals surface area contributed by atoms with Gasteiger partial charge in [-0.1, -0.05) is 41.1 Å². The smallest absolute Gasteiger partial charge is 0.0210 e. The number of halogens is 1. The zero-order chi connectivity index (χ0) is 10.8. The van der Waals surface area contributed by atoms with Crippen LogP contribution in [-0.2, 0) is 0 Å². The molecule has 0 amide bonds. The summed E-state index contributed by atoms with van der Waals surface area (Å²) >= 11 is 3.66. The summed E-state index contributed by atoms with van der Waals surface area (Å²) in [7, 11) is 0. The minimum atomic E-state index is 0.638. The van der Waals surface area contributed by atoms with Gasteiger partial charge in [0.2, 0.25) is 0 Å². The van der Waals surface area contributed by atoms with E-state index in [4.69, 9.17) is 0 Å². The lowest BCUT2D eigenvalue weighted by Crippen LogP contribution is -2.28. The Bertz CT molecular complexity index is 337. The van der Waals surface area contributed by atoms with Crippen molar-refractivity contribution in [3.8, 4) is 0 Å². The number of benzene rings is 1. The maximum Gasteiger partial charge on any atom is 0.0210 e. The zero-order valence-electron chi connectivity index (χ0n) is 9.33. The van der Waals surface area contributed by atoms with Crippen molar-refractivity contribution in [1.82, 2.24) is 5.32 Å². The molecule has 1 nitrogen and oxygen atoms in total. The lowest BCUT2D eigenvalue weighted by atomic mass is 9.90. The third-order valence-electron chi connectivity index (χ3n) is 3.34. The van der Waals surface area contributed by atoms with Crippen LogP contribution in [0, 0.1) is 0 Å². The van der Waals surface area contributed by atoms with E-state index in [1.807, 2.05) is 0 Å². The highest BCUT2D eigenvalue weighted by Crippen LogP contribution is 2.35. The Morgan fingerprint density at radius 2 is 2.13 bits per heavy atom. The van der Waals surface area contributed by atoms with Gasteiger partial charge in [0.05, 0.1) is 0 Å². The van der Waals surface area contributed by atoms with E-state index in [1.165, 1.54) is 22.9 Å². The van der Waals surface area contributed by atoms with E-state index < -0.39 is 0 Å². The number of rotatable bonds is 2. The molecule has 0 radical (unpaired) electrons. The SMILES string of the molecule is CCC1NC(C)CC1c1ccccc1Br. The lowest BCUT2D eigenvalue weighted by molar-refractivity contribution is 0.516. The fourth-order valence-corrected chi connectivity index (χ4v) is 3.20. The van der Waals surface area contributed by atoms with E-state index in [9.17, 15) is 0 Å². The molecule has 0 saturated carbocycles. The summed E-state index contributed by atoms with van der Waals surface area (Å²) in [5.74, 6) is 0.667. The van der Waals surface area contributed by atoms with Crippen molar-refractivity contribution in [3.05, 3.63) is 34.3 Å². The van der Waals surface area contributed by atoms with E-state index in [-0.39, 0.29) is 0 Å². The van der Waals surface area contributed by atoms with Crippen molar-refractivity contribution in [2.75, 3.05) is 0 Å². The van der Waals surface area contributed by atoms with Crippen molar-refractivity contribution < 1.29 is 0 Å². The second-order valence-corrected chi connectivity index (χ2v) is 5.30. The molecule has 0 bridgehead atoms. The minimum Gasteiger partial charge on any atom is -0.311 e. The van der Waals surface area contributed by atoms with Crippen molar-refractivity contribution in [2.45, 2.75) is 44.7 Å². The van der Waals surface area contributed by atoms with Crippen LogP contribution in [0.2, 0.25) is 0 Å². The summed E-state index contributed by atoms with van der Waals surface area (Å²) in [6, 6.07) is 9.89. The van der Waals surface area contributed by atoms with Crippen LogP contribution in [0.5, 0.6) is 0 Å². The molecule has 1 heterocycles. The summed E-state index contributed by atoms with van der Waals surface area (Å²) in [5, 5.41) is 3.66. The predicted octanol–water partition coefficient (Wildman–Crippen LogP) is 3.69. The highest BCUT2D eigenvalue weighted by atomic mass is 79.9. The van der Waals surface area contributed by atoms with Crippen molar-refractivity contribution in [1.29, 1.82) is 0 Å². The standard InChI is InChI=1S/C13H18BrN/c1-3-13-11(8-9(2)15-13)10-6-4-5-7-12(10)14/h4-7,9,11,13,15H,3,8H2,1-2H3. The van der Waals surface area contributed by atoms with Gasteiger partial charge in [0.1, 0.15) is 0 Å². The van der Waals surface area contributed by atoms with Crippen LogP contribution in [0.15, 0.2) is 28.7 Å². The molecular formula is C13H18BrN. The van der Waals surface area contributed by atoms with Gasteiger partial charge in [0, 0.05) is 22.5 Å². The molecule has 2 rings (SSSR count). The van der Waals surface area contributed by atoms with Crippen LogP contribution in [0.4, 0.5) is 0 Å². The summed E-state index contributed by atoms with van der Waals surface area (Å²) < 4.78 is 1.25. The topological polar surface area (TPSA) is 12.0 Å². The summed E-state index contributed by atoms with van der Waals surface area (Å²) in [4.78, 5) is 0. The first-order valence-corrected chi connectivity index (χ1v) is 6.52. The Morgan fingerprint density at radius 3 is 2.80 bits per heavy atom. The highest BCUT2D eigenvalue weighted by Gasteiger charge is 2.31. The van der Waals surface area contributed by atoms with E-state index in [0.717, 1.165) is 0 Å². The Morgan fingerprint density at radius 1 is 1.40 bits per heavy atom. The average Bonchev–Trinajstić information content (AvgIpc) is 2.60. The minimum absolute atomic E-state index is 0.638. The first-order valence-electron chi connectivity index (χ1n) is 5.72. The predicted molar refractivity (Wildman–Crippen MR) is 68.2 cm³/mol. The molecule has 15 heavy (non-hydrogen) atoms. The Balaban J connectivity index is 2.26. The molecular weight excluding hydrogens is 250 g/mol. The molecule has 0 spiro atoms. The van der Waals surface area contributed by atoms with Gasteiger partial charge in [-0.25, -0.2) is 0 Å². The second kappa shape index (κ2) is 4.67. The zero-order valence-corrected chi connectivity index (χ0v) is 10.9. The van der Waals surface area contributed by atoms with Gasteiger partial charge < -0.3 is 5.32 Å².